The lowest BCUT2D eigenvalue weighted by molar-refractivity contribution is -0.0655. The third kappa shape index (κ3) is 3.12. The zero-order valence-electron chi connectivity index (χ0n) is 8.41. The Morgan fingerprint density at radius 2 is 2.31 bits per heavy atom. The number of aliphatic hydroxyl groups is 1. The summed E-state index contributed by atoms with van der Waals surface area (Å²) < 4.78 is 5.55. The molecule has 0 aromatic carbocycles. The molecule has 13 heavy (non-hydrogen) atoms. The first kappa shape index (κ1) is 10.7. The van der Waals surface area contributed by atoms with Crippen molar-refractivity contribution in [1.82, 2.24) is 0 Å². The smallest absolute Gasteiger partial charge is 0.0834 e. The molecule has 0 saturated heterocycles. The van der Waals surface area contributed by atoms with Gasteiger partial charge in [0.15, 0.2) is 0 Å². The summed E-state index contributed by atoms with van der Waals surface area (Å²) in [5, 5.41) is 9.72. The molecule has 0 aromatic rings. The molecule has 1 N–H and O–H groups in total. The van der Waals surface area contributed by atoms with Gasteiger partial charge in [-0.25, -0.2) is 0 Å². The summed E-state index contributed by atoms with van der Waals surface area (Å²) in [5.41, 5.74) is 0. The van der Waals surface area contributed by atoms with E-state index in [2.05, 4.69) is 13.5 Å². The van der Waals surface area contributed by atoms with E-state index in [1.807, 2.05) is 6.08 Å². The quantitative estimate of drug-likeness (QED) is 0.678. The molecule has 0 aliphatic heterocycles. The number of aliphatic hydroxyl groups excluding tert-OH is 1. The molecule has 1 rings (SSSR count). The van der Waals surface area contributed by atoms with Crippen LogP contribution in [0.3, 0.4) is 0 Å². The van der Waals surface area contributed by atoms with Crippen LogP contribution < -0.4 is 0 Å². The maximum atomic E-state index is 9.72. The molecule has 2 nitrogen and oxygen atoms in total. The molecular formula is C11H20O2. The van der Waals surface area contributed by atoms with Crippen molar-refractivity contribution in [3.05, 3.63) is 12.7 Å². The van der Waals surface area contributed by atoms with E-state index in [1.165, 1.54) is 0 Å². The van der Waals surface area contributed by atoms with Gasteiger partial charge in [-0.15, -0.1) is 6.58 Å². The van der Waals surface area contributed by atoms with E-state index >= 15 is 0 Å². The van der Waals surface area contributed by atoms with Crippen molar-refractivity contribution in [3.63, 3.8) is 0 Å². The van der Waals surface area contributed by atoms with Crippen LogP contribution in [-0.2, 0) is 4.74 Å². The largest absolute Gasteiger partial charge is 0.390 e. The van der Waals surface area contributed by atoms with Gasteiger partial charge in [-0.2, -0.15) is 0 Å². The third-order valence-corrected chi connectivity index (χ3v) is 2.66. The third-order valence-electron chi connectivity index (χ3n) is 2.66. The van der Waals surface area contributed by atoms with Crippen LogP contribution in [0.1, 0.15) is 32.6 Å². The van der Waals surface area contributed by atoms with Gasteiger partial charge in [-0.05, 0) is 31.6 Å². The summed E-state index contributed by atoms with van der Waals surface area (Å²) in [6.45, 7) is 6.60. The van der Waals surface area contributed by atoms with Crippen LogP contribution in [0.15, 0.2) is 12.7 Å². The van der Waals surface area contributed by atoms with E-state index in [0.717, 1.165) is 32.3 Å². The molecule has 3 atom stereocenters. The number of hydrogen-bond donors (Lipinski definition) is 1. The Morgan fingerprint density at radius 1 is 1.54 bits per heavy atom. The molecule has 3 unspecified atom stereocenters. The normalized spacial score (nSPS) is 34.5. The summed E-state index contributed by atoms with van der Waals surface area (Å²) in [5.74, 6) is 0.483. The van der Waals surface area contributed by atoms with Crippen LogP contribution in [-0.4, -0.2) is 23.9 Å². The molecule has 76 valence electrons. The van der Waals surface area contributed by atoms with Gasteiger partial charge in [0.1, 0.15) is 0 Å². The zero-order valence-corrected chi connectivity index (χ0v) is 8.41. The van der Waals surface area contributed by atoms with Crippen molar-refractivity contribution >= 4 is 0 Å². The summed E-state index contributed by atoms with van der Waals surface area (Å²) >= 11 is 0. The fourth-order valence-corrected chi connectivity index (χ4v) is 1.83. The van der Waals surface area contributed by atoms with Gasteiger partial charge < -0.3 is 9.84 Å². The van der Waals surface area contributed by atoms with Crippen molar-refractivity contribution in [2.75, 3.05) is 6.61 Å². The second-order valence-corrected chi connectivity index (χ2v) is 3.79. The Balaban J connectivity index is 2.30. The first-order chi connectivity index (χ1) is 6.27. The molecular weight excluding hydrogens is 164 g/mol. The fourth-order valence-electron chi connectivity index (χ4n) is 1.83. The molecule has 2 heteroatoms. The highest BCUT2D eigenvalue weighted by atomic mass is 16.5. The molecule has 0 heterocycles. The van der Waals surface area contributed by atoms with E-state index in [0.29, 0.717) is 5.92 Å². The SMILES string of the molecule is C=CC1CCC(OCCC)C(O)C1. The molecule has 1 aliphatic rings. The van der Waals surface area contributed by atoms with Crippen molar-refractivity contribution < 1.29 is 9.84 Å². The molecule has 1 aliphatic carbocycles. The van der Waals surface area contributed by atoms with Crippen LogP contribution in [0.25, 0.3) is 0 Å². The monoisotopic (exact) mass is 184 g/mol. The Bertz CT molecular complexity index is 156. The highest BCUT2D eigenvalue weighted by Gasteiger charge is 2.27. The van der Waals surface area contributed by atoms with Crippen LogP contribution in [0.5, 0.6) is 0 Å². The van der Waals surface area contributed by atoms with E-state index in [9.17, 15) is 5.11 Å². The van der Waals surface area contributed by atoms with Crippen LogP contribution in [0.4, 0.5) is 0 Å². The average molecular weight is 184 g/mol. The molecule has 0 bridgehead atoms. The van der Waals surface area contributed by atoms with Gasteiger partial charge in [0.25, 0.3) is 0 Å². The predicted molar refractivity (Wildman–Crippen MR) is 53.6 cm³/mol. The maximum Gasteiger partial charge on any atom is 0.0834 e. The zero-order chi connectivity index (χ0) is 9.68. The second kappa shape index (κ2) is 5.40. The van der Waals surface area contributed by atoms with Gasteiger partial charge in [-0.1, -0.05) is 13.0 Å². The standard InChI is InChI=1S/C11H20O2/c1-3-7-13-11-6-5-9(4-2)8-10(11)12/h4,9-12H,2-3,5-8H2,1H3. The summed E-state index contributed by atoms with van der Waals surface area (Å²) in [6.07, 6.45) is 5.64. The number of hydrogen-bond acceptors (Lipinski definition) is 2. The first-order valence-electron chi connectivity index (χ1n) is 5.20. The minimum atomic E-state index is -0.289. The molecule has 0 aromatic heterocycles. The van der Waals surface area contributed by atoms with Crippen molar-refractivity contribution in [2.45, 2.75) is 44.8 Å². The van der Waals surface area contributed by atoms with E-state index < -0.39 is 0 Å². The minimum Gasteiger partial charge on any atom is -0.390 e. The Kier molecular flexibility index (Phi) is 4.46. The molecule has 1 saturated carbocycles. The van der Waals surface area contributed by atoms with Gasteiger partial charge in [0, 0.05) is 6.61 Å². The van der Waals surface area contributed by atoms with E-state index in [4.69, 9.17) is 4.74 Å². The molecule has 0 spiro atoms. The summed E-state index contributed by atoms with van der Waals surface area (Å²) in [7, 11) is 0. The lowest BCUT2D eigenvalue weighted by Gasteiger charge is -2.31. The topological polar surface area (TPSA) is 29.5 Å². The van der Waals surface area contributed by atoms with Crippen LogP contribution in [0, 0.1) is 5.92 Å². The lowest BCUT2D eigenvalue weighted by atomic mass is 9.85. The van der Waals surface area contributed by atoms with E-state index in [-0.39, 0.29) is 12.2 Å². The average Bonchev–Trinajstić information content (AvgIpc) is 2.16. The number of ether oxygens (including phenoxy) is 1. The number of rotatable bonds is 4. The van der Waals surface area contributed by atoms with Crippen molar-refractivity contribution in [1.29, 1.82) is 0 Å². The predicted octanol–water partition coefficient (Wildman–Crippen LogP) is 2.13. The highest BCUT2D eigenvalue weighted by Crippen LogP contribution is 2.27. The van der Waals surface area contributed by atoms with E-state index in [1.54, 1.807) is 0 Å². The molecule has 0 radical (unpaired) electrons. The van der Waals surface area contributed by atoms with Gasteiger partial charge in [-0.3, -0.25) is 0 Å². The summed E-state index contributed by atoms with van der Waals surface area (Å²) in [4.78, 5) is 0. The maximum absolute atomic E-state index is 9.72. The van der Waals surface area contributed by atoms with Crippen molar-refractivity contribution in [2.24, 2.45) is 5.92 Å². The summed E-state index contributed by atoms with van der Waals surface area (Å²) in [6, 6.07) is 0. The van der Waals surface area contributed by atoms with Gasteiger partial charge >= 0.3 is 0 Å². The number of allylic oxidation sites excluding steroid dienone is 1. The lowest BCUT2D eigenvalue weighted by Crippen LogP contribution is -2.35. The van der Waals surface area contributed by atoms with Crippen molar-refractivity contribution in [3.8, 4) is 0 Å². The first-order valence-corrected chi connectivity index (χ1v) is 5.20. The molecule has 0 amide bonds. The Hall–Kier alpha value is -0.340. The Labute approximate surface area is 80.6 Å². The highest BCUT2D eigenvalue weighted by molar-refractivity contribution is 4.88. The van der Waals surface area contributed by atoms with Crippen LogP contribution >= 0.6 is 0 Å². The molecule has 1 fully saturated rings. The second-order valence-electron chi connectivity index (χ2n) is 3.79. The minimum absolute atomic E-state index is 0.0659. The Morgan fingerprint density at radius 3 is 2.85 bits per heavy atom. The van der Waals surface area contributed by atoms with Gasteiger partial charge in [0.05, 0.1) is 12.2 Å². The van der Waals surface area contributed by atoms with Crippen LogP contribution in [0.2, 0.25) is 0 Å². The van der Waals surface area contributed by atoms with Gasteiger partial charge in [0.2, 0.25) is 0 Å². The fraction of sp³-hybridized carbons (Fsp3) is 0.818.